The molecule has 1 N–H and O–H groups in total. The van der Waals surface area contributed by atoms with Crippen molar-refractivity contribution < 1.29 is 9.32 Å². The molecule has 2 rings (SSSR count). The van der Waals surface area contributed by atoms with Crippen molar-refractivity contribution in [2.75, 3.05) is 7.05 Å². The number of carbonyl (C=O) groups excluding carboxylic acids is 1. The Labute approximate surface area is 122 Å². The van der Waals surface area contributed by atoms with Crippen LogP contribution in [0.15, 0.2) is 27.7 Å². The van der Waals surface area contributed by atoms with Crippen LogP contribution in [0.25, 0.3) is 0 Å². The Kier molecular flexibility index (Phi) is 4.57. The highest BCUT2D eigenvalue weighted by Crippen LogP contribution is 2.12. The molecule has 0 aliphatic carbocycles. The molecule has 2 heterocycles. The monoisotopic (exact) mass is 289 g/mol. The smallest absolute Gasteiger partial charge is 0.254 e. The third-order valence-electron chi connectivity index (χ3n) is 3.35. The van der Waals surface area contributed by atoms with E-state index in [1.165, 1.54) is 6.07 Å². The van der Waals surface area contributed by atoms with E-state index in [-0.39, 0.29) is 11.5 Å². The maximum absolute atomic E-state index is 12.4. The lowest BCUT2D eigenvalue weighted by Gasteiger charge is -2.17. The number of aromatic amines is 1. The largest absolute Gasteiger partial charge is 0.364 e. The summed E-state index contributed by atoms with van der Waals surface area (Å²) in [5.74, 6) is -0.195. The van der Waals surface area contributed by atoms with Gasteiger partial charge in [-0.25, -0.2) is 0 Å². The molecule has 2 aromatic heterocycles. The first-order valence-corrected chi connectivity index (χ1v) is 6.96. The van der Waals surface area contributed by atoms with E-state index in [4.69, 9.17) is 4.52 Å². The van der Waals surface area contributed by atoms with Gasteiger partial charge >= 0.3 is 0 Å². The zero-order chi connectivity index (χ0) is 15.4. The Bertz CT molecular complexity index is 687. The molecule has 1 amide bonds. The van der Waals surface area contributed by atoms with Gasteiger partial charge in [-0.05, 0) is 18.9 Å². The van der Waals surface area contributed by atoms with Gasteiger partial charge in [-0.2, -0.15) is 0 Å². The maximum atomic E-state index is 12.4. The molecule has 112 valence electrons. The van der Waals surface area contributed by atoms with E-state index in [0.717, 1.165) is 23.4 Å². The number of amides is 1. The van der Waals surface area contributed by atoms with Gasteiger partial charge < -0.3 is 14.4 Å². The number of rotatable bonds is 5. The van der Waals surface area contributed by atoms with E-state index in [1.54, 1.807) is 24.3 Å². The van der Waals surface area contributed by atoms with Gasteiger partial charge in [0.05, 0.1) is 12.2 Å². The number of aromatic nitrogens is 2. The number of nitrogens with one attached hydrogen (secondary N) is 1. The molecule has 21 heavy (non-hydrogen) atoms. The molecule has 2 aromatic rings. The molecule has 0 saturated heterocycles. The molecule has 0 aliphatic rings. The molecule has 6 heteroatoms. The SMILES string of the molecule is CCc1cc(C(=O)N(C)Cc2conc2CC)cc(=O)[nH]1. The molecule has 0 aromatic carbocycles. The van der Waals surface area contributed by atoms with Gasteiger partial charge in [0, 0.05) is 29.9 Å². The topological polar surface area (TPSA) is 79.2 Å². The first-order chi connectivity index (χ1) is 10.0. The van der Waals surface area contributed by atoms with Crippen molar-refractivity contribution in [3.05, 3.63) is 51.3 Å². The van der Waals surface area contributed by atoms with Crippen molar-refractivity contribution in [3.8, 4) is 0 Å². The van der Waals surface area contributed by atoms with Gasteiger partial charge in [0.15, 0.2) is 0 Å². The summed E-state index contributed by atoms with van der Waals surface area (Å²) >= 11 is 0. The summed E-state index contributed by atoms with van der Waals surface area (Å²) in [7, 11) is 1.70. The van der Waals surface area contributed by atoms with Crippen LogP contribution in [0.1, 0.15) is 41.2 Å². The summed E-state index contributed by atoms with van der Waals surface area (Å²) in [6, 6.07) is 3.04. The molecule has 0 spiro atoms. The van der Waals surface area contributed by atoms with Crippen LogP contribution in [0, 0.1) is 0 Å². The van der Waals surface area contributed by atoms with Gasteiger partial charge in [-0.15, -0.1) is 0 Å². The van der Waals surface area contributed by atoms with Crippen molar-refractivity contribution in [1.29, 1.82) is 0 Å². The van der Waals surface area contributed by atoms with E-state index in [0.29, 0.717) is 18.5 Å². The molecule has 6 nitrogen and oxygen atoms in total. The number of carbonyl (C=O) groups is 1. The molecule has 0 fully saturated rings. The Hall–Kier alpha value is -2.37. The fourth-order valence-corrected chi connectivity index (χ4v) is 2.16. The molecule has 0 aliphatic heterocycles. The van der Waals surface area contributed by atoms with Gasteiger partial charge in [-0.3, -0.25) is 9.59 Å². The molecule has 0 atom stereocenters. The second-order valence-electron chi connectivity index (χ2n) is 4.91. The first kappa shape index (κ1) is 15.0. The second-order valence-corrected chi connectivity index (χ2v) is 4.91. The van der Waals surface area contributed by atoms with Crippen molar-refractivity contribution in [1.82, 2.24) is 15.0 Å². The minimum atomic E-state index is -0.259. The van der Waals surface area contributed by atoms with Crippen LogP contribution in [-0.4, -0.2) is 28.0 Å². The van der Waals surface area contributed by atoms with Crippen LogP contribution in [-0.2, 0) is 19.4 Å². The van der Waals surface area contributed by atoms with E-state index in [1.807, 2.05) is 13.8 Å². The number of nitrogens with zero attached hydrogens (tertiary/aromatic N) is 2. The van der Waals surface area contributed by atoms with Gasteiger partial charge in [0.1, 0.15) is 6.26 Å². The van der Waals surface area contributed by atoms with E-state index >= 15 is 0 Å². The highest BCUT2D eigenvalue weighted by Gasteiger charge is 2.16. The summed E-state index contributed by atoms with van der Waals surface area (Å²) in [6.07, 6.45) is 2.97. The number of aryl methyl sites for hydroxylation is 2. The number of hydrogen-bond acceptors (Lipinski definition) is 4. The normalized spacial score (nSPS) is 10.6. The Morgan fingerprint density at radius 2 is 2.10 bits per heavy atom. The van der Waals surface area contributed by atoms with Gasteiger partial charge in [-0.1, -0.05) is 19.0 Å². The van der Waals surface area contributed by atoms with Crippen LogP contribution >= 0.6 is 0 Å². The summed E-state index contributed by atoms with van der Waals surface area (Å²) in [6.45, 7) is 4.31. The average Bonchev–Trinajstić information content (AvgIpc) is 2.92. The van der Waals surface area contributed by atoms with E-state index in [9.17, 15) is 9.59 Å². The van der Waals surface area contributed by atoms with Crippen LogP contribution in [0.4, 0.5) is 0 Å². The quantitative estimate of drug-likeness (QED) is 0.909. The van der Waals surface area contributed by atoms with Crippen molar-refractivity contribution in [2.45, 2.75) is 33.2 Å². The fourth-order valence-electron chi connectivity index (χ4n) is 2.16. The lowest BCUT2D eigenvalue weighted by molar-refractivity contribution is 0.0784. The van der Waals surface area contributed by atoms with Gasteiger partial charge in [0.25, 0.3) is 5.91 Å². The van der Waals surface area contributed by atoms with Crippen molar-refractivity contribution in [2.24, 2.45) is 0 Å². The average molecular weight is 289 g/mol. The second kappa shape index (κ2) is 6.39. The predicted octanol–water partition coefficient (Wildman–Crippen LogP) is 1.76. The summed E-state index contributed by atoms with van der Waals surface area (Å²) < 4.78 is 4.94. The van der Waals surface area contributed by atoms with Crippen LogP contribution in [0.2, 0.25) is 0 Å². The predicted molar refractivity (Wildman–Crippen MR) is 78.1 cm³/mol. The van der Waals surface area contributed by atoms with Crippen molar-refractivity contribution in [3.63, 3.8) is 0 Å². The van der Waals surface area contributed by atoms with Crippen LogP contribution in [0.3, 0.4) is 0 Å². The zero-order valence-corrected chi connectivity index (χ0v) is 12.5. The molecule has 0 unspecified atom stereocenters. The molecule has 0 bridgehead atoms. The van der Waals surface area contributed by atoms with Crippen molar-refractivity contribution >= 4 is 5.91 Å². The minimum absolute atomic E-state index is 0.195. The highest BCUT2D eigenvalue weighted by molar-refractivity contribution is 5.94. The van der Waals surface area contributed by atoms with Crippen LogP contribution in [0.5, 0.6) is 0 Å². The standard InChI is InChI=1S/C15H19N3O3/c1-4-12-6-10(7-14(19)16-12)15(20)18(3)8-11-9-21-17-13(11)5-2/h6-7,9H,4-5,8H2,1-3H3,(H,16,19). The maximum Gasteiger partial charge on any atom is 0.254 e. The fraction of sp³-hybridized carbons (Fsp3) is 0.400. The lowest BCUT2D eigenvalue weighted by atomic mass is 10.1. The number of pyridine rings is 1. The summed E-state index contributed by atoms with van der Waals surface area (Å²) in [5, 5.41) is 3.89. The van der Waals surface area contributed by atoms with Crippen LogP contribution < -0.4 is 5.56 Å². The van der Waals surface area contributed by atoms with E-state index in [2.05, 4.69) is 10.1 Å². The molecule has 0 radical (unpaired) electrons. The molecule has 0 saturated carbocycles. The zero-order valence-electron chi connectivity index (χ0n) is 12.5. The lowest BCUT2D eigenvalue weighted by Crippen LogP contribution is -2.28. The highest BCUT2D eigenvalue weighted by atomic mass is 16.5. The molecular formula is C15H19N3O3. The molecular weight excluding hydrogens is 270 g/mol. The Balaban J connectivity index is 2.19. The third kappa shape index (κ3) is 3.39. The third-order valence-corrected chi connectivity index (χ3v) is 3.35. The van der Waals surface area contributed by atoms with E-state index < -0.39 is 0 Å². The Morgan fingerprint density at radius 3 is 2.76 bits per heavy atom. The first-order valence-electron chi connectivity index (χ1n) is 6.96. The van der Waals surface area contributed by atoms with Gasteiger partial charge in [0.2, 0.25) is 5.56 Å². The summed E-state index contributed by atoms with van der Waals surface area (Å²) in [4.78, 5) is 28.2. The Morgan fingerprint density at radius 1 is 1.33 bits per heavy atom. The number of H-pyrrole nitrogens is 1. The summed E-state index contributed by atoms with van der Waals surface area (Å²) in [5.41, 5.74) is 2.61. The minimum Gasteiger partial charge on any atom is -0.364 e. The number of hydrogen-bond donors (Lipinski definition) is 1.